The maximum absolute atomic E-state index is 10.4. The van der Waals surface area contributed by atoms with Gasteiger partial charge in [-0.05, 0) is 43.4 Å². The molecular weight excluding hydrogens is 296 g/mol. The lowest BCUT2D eigenvalue weighted by atomic mass is 9.78. The largest absolute Gasteiger partial charge is 0.390 e. The van der Waals surface area contributed by atoms with Gasteiger partial charge in [-0.2, -0.15) is 0 Å². The second-order valence-corrected chi connectivity index (χ2v) is 6.74. The molecule has 3 N–H and O–H groups in total. The van der Waals surface area contributed by atoms with E-state index in [9.17, 15) is 15.3 Å². The first-order chi connectivity index (χ1) is 11.1. The van der Waals surface area contributed by atoms with Gasteiger partial charge in [-0.1, -0.05) is 6.42 Å². The second-order valence-electron chi connectivity index (χ2n) is 6.74. The van der Waals surface area contributed by atoms with Crippen LogP contribution in [0, 0.1) is 12.8 Å². The van der Waals surface area contributed by atoms with Crippen molar-refractivity contribution in [3.8, 4) is 0 Å². The Bertz CT molecular complexity index is 712. The van der Waals surface area contributed by atoms with Gasteiger partial charge in [-0.25, -0.2) is 4.98 Å². The predicted octanol–water partition coefficient (Wildman–Crippen LogP) is 1.12. The molecule has 0 aromatic carbocycles. The molecule has 2 aliphatic rings. The molecule has 0 radical (unpaired) electrons. The van der Waals surface area contributed by atoms with E-state index in [1.807, 2.05) is 25.3 Å². The van der Waals surface area contributed by atoms with E-state index >= 15 is 0 Å². The number of aliphatic hydroxyl groups is 3. The van der Waals surface area contributed by atoms with Crippen molar-refractivity contribution in [2.75, 3.05) is 0 Å². The molecule has 1 aliphatic heterocycles. The number of hydrogen-bond acceptors (Lipinski definition) is 5. The summed E-state index contributed by atoms with van der Waals surface area (Å²) in [5, 5.41) is 32.1. The maximum Gasteiger partial charge on any atom is 0.164 e. The quantitative estimate of drug-likeness (QED) is 0.789. The molecule has 5 atom stereocenters. The van der Waals surface area contributed by atoms with Crippen LogP contribution in [0.2, 0.25) is 0 Å². The van der Waals surface area contributed by atoms with Crippen LogP contribution in [0.15, 0.2) is 24.5 Å². The third-order valence-corrected chi connectivity index (χ3v) is 5.35. The third-order valence-electron chi connectivity index (χ3n) is 5.35. The zero-order chi connectivity index (χ0) is 16.1. The minimum absolute atomic E-state index is 0.155. The van der Waals surface area contributed by atoms with E-state index in [-0.39, 0.29) is 5.92 Å². The average Bonchev–Trinajstić information content (AvgIpc) is 3.01. The molecule has 124 valence electrons. The Morgan fingerprint density at radius 3 is 2.74 bits per heavy atom. The molecule has 4 rings (SSSR count). The molecule has 23 heavy (non-hydrogen) atoms. The van der Waals surface area contributed by atoms with Crippen LogP contribution in [0.25, 0.3) is 11.0 Å². The Hall–Kier alpha value is -1.47. The van der Waals surface area contributed by atoms with Crippen LogP contribution in [-0.2, 0) is 4.74 Å². The summed E-state index contributed by atoms with van der Waals surface area (Å²) >= 11 is 0. The fraction of sp³-hybridized carbons (Fsp3) is 0.588. The molecule has 1 saturated carbocycles. The number of rotatable bonds is 3. The summed E-state index contributed by atoms with van der Waals surface area (Å²) in [7, 11) is 0. The zero-order valence-electron chi connectivity index (χ0n) is 13.0. The molecule has 0 bridgehead atoms. The number of ether oxygens (including phenoxy) is 1. The molecule has 6 nitrogen and oxygen atoms in total. The smallest absolute Gasteiger partial charge is 0.164 e. The van der Waals surface area contributed by atoms with Gasteiger partial charge in [0.05, 0.1) is 6.10 Å². The van der Waals surface area contributed by atoms with E-state index in [4.69, 9.17) is 4.74 Å². The number of nitrogens with zero attached hydrogens (tertiary/aromatic N) is 2. The van der Waals surface area contributed by atoms with Crippen LogP contribution in [0.3, 0.4) is 0 Å². The number of aromatic nitrogens is 2. The second kappa shape index (κ2) is 5.56. The Morgan fingerprint density at radius 2 is 2.04 bits per heavy atom. The van der Waals surface area contributed by atoms with Crippen molar-refractivity contribution in [2.45, 2.75) is 56.8 Å². The normalized spacial score (nSPS) is 33.0. The first-order valence-electron chi connectivity index (χ1n) is 8.19. The Labute approximate surface area is 134 Å². The van der Waals surface area contributed by atoms with E-state index in [0.29, 0.717) is 5.65 Å². The van der Waals surface area contributed by atoms with Crippen LogP contribution >= 0.6 is 0 Å². The van der Waals surface area contributed by atoms with Gasteiger partial charge in [0.15, 0.2) is 6.23 Å². The van der Waals surface area contributed by atoms with Gasteiger partial charge < -0.3 is 24.6 Å². The molecule has 2 aromatic rings. The average molecular weight is 318 g/mol. The van der Waals surface area contributed by atoms with Gasteiger partial charge in [0.2, 0.25) is 0 Å². The SMILES string of the molecule is Cc1ccnc2c1ccn2C1OC(C(O)C2CCC2)C(O)C1O. The lowest BCUT2D eigenvalue weighted by Crippen LogP contribution is -2.44. The van der Waals surface area contributed by atoms with E-state index in [2.05, 4.69) is 4.98 Å². The lowest BCUT2D eigenvalue weighted by molar-refractivity contribution is -0.111. The monoisotopic (exact) mass is 318 g/mol. The number of aliphatic hydroxyl groups excluding tert-OH is 3. The van der Waals surface area contributed by atoms with Crippen LogP contribution < -0.4 is 0 Å². The van der Waals surface area contributed by atoms with Crippen molar-refractivity contribution in [1.82, 2.24) is 9.55 Å². The summed E-state index contributed by atoms with van der Waals surface area (Å²) in [6.45, 7) is 2.00. The van der Waals surface area contributed by atoms with Gasteiger partial charge in [0, 0.05) is 17.8 Å². The van der Waals surface area contributed by atoms with E-state index in [1.54, 1.807) is 10.8 Å². The number of pyridine rings is 1. The fourth-order valence-corrected chi connectivity index (χ4v) is 3.65. The molecule has 5 unspecified atom stereocenters. The van der Waals surface area contributed by atoms with Crippen LogP contribution in [-0.4, -0.2) is 49.3 Å². The first kappa shape index (κ1) is 15.1. The predicted molar refractivity (Wildman–Crippen MR) is 83.7 cm³/mol. The summed E-state index contributed by atoms with van der Waals surface area (Å²) in [5.74, 6) is 0.155. The fourth-order valence-electron chi connectivity index (χ4n) is 3.65. The molecule has 2 aromatic heterocycles. The summed E-state index contributed by atoms with van der Waals surface area (Å²) in [5.41, 5.74) is 1.80. The van der Waals surface area contributed by atoms with E-state index in [0.717, 1.165) is 30.2 Å². The number of aryl methyl sites for hydroxylation is 1. The van der Waals surface area contributed by atoms with Gasteiger partial charge >= 0.3 is 0 Å². The van der Waals surface area contributed by atoms with Gasteiger partial charge in [-0.3, -0.25) is 0 Å². The highest BCUT2D eigenvalue weighted by Crippen LogP contribution is 2.39. The first-order valence-corrected chi connectivity index (χ1v) is 8.19. The van der Waals surface area contributed by atoms with Crippen molar-refractivity contribution >= 4 is 11.0 Å². The Balaban J connectivity index is 1.64. The van der Waals surface area contributed by atoms with Gasteiger partial charge in [-0.15, -0.1) is 0 Å². The Kier molecular flexibility index (Phi) is 3.65. The van der Waals surface area contributed by atoms with Crippen molar-refractivity contribution in [1.29, 1.82) is 0 Å². The number of fused-ring (bicyclic) bond motifs is 1. The van der Waals surface area contributed by atoms with Crippen LogP contribution in [0.4, 0.5) is 0 Å². The summed E-state index contributed by atoms with van der Waals surface area (Å²) in [4.78, 5) is 4.37. The summed E-state index contributed by atoms with van der Waals surface area (Å²) in [6.07, 6.45) is 2.08. The van der Waals surface area contributed by atoms with E-state index < -0.39 is 30.6 Å². The lowest BCUT2D eigenvalue weighted by Gasteiger charge is -2.34. The zero-order valence-corrected chi connectivity index (χ0v) is 13.0. The minimum atomic E-state index is -1.10. The van der Waals surface area contributed by atoms with Crippen LogP contribution in [0.5, 0.6) is 0 Å². The minimum Gasteiger partial charge on any atom is -0.390 e. The number of hydrogen-bond donors (Lipinski definition) is 3. The summed E-state index contributed by atoms with van der Waals surface area (Å²) in [6, 6.07) is 3.85. The van der Waals surface area contributed by atoms with E-state index in [1.165, 1.54) is 0 Å². The molecule has 1 aliphatic carbocycles. The van der Waals surface area contributed by atoms with Crippen LogP contribution in [0.1, 0.15) is 31.1 Å². The molecular formula is C17H22N2O4. The molecule has 6 heteroatoms. The molecule has 2 fully saturated rings. The third kappa shape index (κ3) is 2.29. The Morgan fingerprint density at radius 1 is 1.26 bits per heavy atom. The van der Waals surface area contributed by atoms with Crippen molar-refractivity contribution < 1.29 is 20.1 Å². The van der Waals surface area contributed by atoms with Gasteiger partial charge in [0.1, 0.15) is 24.0 Å². The highest BCUT2D eigenvalue weighted by atomic mass is 16.6. The van der Waals surface area contributed by atoms with Crippen molar-refractivity contribution in [3.05, 3.63) is 30.1 Å². The standard InChI is InChI=1S/C17H22N2O4/c1-9-5-7-18-16-11(9)6-8-19(16)17-14(22)13(21)15(23-17)12(20)10-3-2-4-10/h5-8,10,12-15,17,20-22H,2-4H2,1H3. The topological polar surface area (TPSA) is 87.7 Å². The molecule has 0 amide bonds. The maximum atomic E-state index is 10.4. The van der Waals surface area contributed by atoms with Crippen molar-refractivity contribution in [3.63, 3.8) is 0 Å². The van der Waals surface area contributed by atoms with Crippen molar-refractivity contribution in [2.24, 2.45) is 5.92 Å². The summed E-state index contributed by atoms with van der Waals surface area (Å²) < 4.78 is 7.61. The molecule has 0 spiro atoms. The molecule has 1 saturated heterocycles. The van der Waals surface area contributed by atoms with Gasteiger partial charge in [0.25, 0.3) is 0 Å². The highest BCUT2D eigenvalue weighted by molar-refractivity contribution is 5.79. The molecule has 3 heterocycles. The highest BCUT2D eigenvalue weighted by Gasteiger charge is 2.49.